The third kappa shape index (κ3) is 7.61. The topological polar surface area (TPSA) is 103 Å². The molecule has 1 aromatic carbocycles. The normalized spacial score (nSPS) is 16.0. The molecule has 0 aliphatic carbocycles. The number of carbonyl (C=O) groups is 2. The lowest BCUT2D eigenvalue weighted by molar-refractivity contribution is -0.127. The maximum atomic E-state index is 13.4. The van der Waals surface area contributed by atoms with Gasteiger partial charge in [-0.3, -0.25) is 14.9 Å². The van der Waals surface area contributed by atoms with Crippen LogP contribution in [-0.4, -0.2) is 45.4 Å². The van der Waals surface area contributed by atoms with Crippen molar-refractivity contribution in [3.05, 3.63) is 57.3 Å². The van der Waals surface area contributed by atoms with E-state index in [0.717, 1.165) is 41.8 Å². The van der Waals surface area contributed by atoms with Crippen LogP contribution in [0.3, 0.4) is 0 Å². The number of carbonyl (C=O) groups excluding carboxylic acids is 2. The van der Waals surface area contributed by atoms with Crippen LogP contribution >= 0.6 is 11.3 Å². The maximum absolute atomic E-state index is 13.4. The van der Waals surface area contributed by atoms with Crippen LogP contribution in [0.1, 0.15) is 74.0 Å². The van der Waals surface area contributed by atoms with Gasteiger partial charge in [0.15, 0.2) is 0 Å². The van der Waals surface area contributed by atoms with E-state index in [1.54, 1.807) is 11.0 Å². The van der Waals surface area contributed by atoms with E-state index in [4.69, 9.17) is 4.98 Å². The number of likely N-dealkylation sites (tertiary alicyclic amines) is 1. The molecule has 2 amide bonds. The highest BCUT2D eigenvalue weighted by molar-refractivity contribution is 7.14. The number of hydrogen-bond donors (Lipinski definition) is 2. The molecular weight excluding hydrogens is 558 g/mol. The van der Waals surface area contributed by atoms with Gasteiger partial charge in [-0.25, -0.2) is 13.8 Å². The number of nitriles is 1. The van der Waals surface area contributed by atoms with Crippen LogP contribution in [0, 0.1) is 22.7 Å². The molecule has 0 radical (unpaired) electrons. The summed E-state index contributed by atoms with van der Waals surface area (Å²) in [5.41, 5.74) is 2.28. The van der Waals surface area contributed by atoms with Crippen LogP contribution in [-0.2, 0) is 17.9 Å². The second-order valence-corrected chi connectivity index (χ2v) is 13.3. The van der Waals surface area contributed by atoms with Gasteiger partial charge in [-0.1, -0.05) is 46.8 Å². The molecule has 1 aliphatic rings. The minimum absolute atomic E-state index is 0.115. The molecule has 1 atom stereocenters. The Labute approximate surface area is 249 Å². The van der Waals surface area contributed by atoms with E-state index in [2.05, 4.69) is 30.6 Å². The number of fused-ring (bicyclic) bond motifs is 1. The minimum Gasteiger partial charge on any atom is -0.333 e. The first kappa shape index (κ1) is 31.3. The van der Waals surface area contributed by atoms with Crippen molar-refractivity contribution < 1.29 is 18.4 Å². The average Bonchev–Trinajstić information content (AvgIpc) is 3.66. The Bertz CT molecular complexity index is 1510. The summed E-state index contributed by atoms with van der Waals surface area (Å²) in [5, 5.41) is 16.0. The van der Waals surface area contributed by atoms with Crippen molar-refractivity contribution in [2.75, 3.05) is 18.4 Å². The van der Waals surface area contributed by atoms with Crippen molar-refractivity contribution in [2.24, 2.45) is 11.3 Å². The highest BCUT2D eigenvalue weighted by Crippen LogP contribution is 2.30. The van der Waals surface area contributed by atoms with E-state index in [1.807, 2.05) is 43.5 Å². The number of nitrogens with one attached hydrogen (secondary N) is 2. The minimum atomic E-state index is -2.65. The number of amides is 2. The van der Waals surface area contributed by atoms with E-state index in [0.29, 0.717) is 31.1 Å². The molecule has 0 saturated carbocycles. The van der Waals surface area contributed by atoms with Gasteiger partial charge in [-0.15, -0.1) is 11.3 Å². The standard InChI is InChI=1S/C31H38F2N6O2S/c1-19(2)16-35-17-20-8-9-24-23(13-20)36-30(37-28(40)26-11-10-25(42-26)27(32)33)39(24)18-22-7-6-12-38(22)29(41)21(15-34)14-31(3,4)5/h8-11,13-14,19,22,27,35H,6-7,12,16-18H2,1-5H3,(H,36,37,40)/b21-14+/t22-/m1/s1. The molecule has 11 heteroatoms. The van der Waals surface area contributed by atoms with E-state index in [9.17, 15) is 23.6 Å². The predicted octanol–water partition coefficient (Wildman–Crippen LogP) is 6.52. The van der Waals surface area contributed by atoms with Crippen LogP contribution in [0.5, 0.6) is 0 Å². The number of halogens is 2. The molecule has 1 fully saturated rings. The molecular formula is C31H38F2N6O2S. The molecule has 0 spiro atoms. The number of hydrogen-bond acceptors (Lipinski definition) is 6. The zero-order valence-electron chi connectivity index (χ0n) is 24.7. The third-order valence-corrected chi connectivity index (χ3v) is 8.04. The fourth-order valence-electron chi connectivity index (χ4n) is 5.06. The summed E-state index contributed by atoms with van der Waals surface area (Å²) >= 11 is 0.745. The SMILES string of the molecule is CC(C)CNCc1ccc2c(c1)nc(NC(=O)c1ccc(C(F)F)s1)n2C[C@H]1CCCN1C(=O)/C(C#N)=C/C(C)(C)C. The molecule has 0 bridgehead atoms. The monoisotopic (exact) mass is 596 g/mol. The number of thiophene rings is 1. The molecule has 8 nitrogen and oxygen atoms in total. The Morgan fingerprint density at radius 1 is 1.24 bits per heavy atom. The number of anilines is 1. The summed E-state index contributed by atoms with van der Waals surface area (Å²) < 4.78 is 28.2. The van der Waals surface area contributed by atoms with E-state index in [-0.39, 0.29) is 38.6 Å². The summed E-state index contributed by atoms with van der Waals surface area (Å²) in [7, 11) is 0. The second kappa shape index (κ2) is 13.1. The van der Waals surface area contributed by atoms with E-state index >= 15 is 0 Å². The largest absolute Gasteiger partial charge is 0.333 e. The van der Waals surface area contributed by atoms with E-state index in [1.165, 1.54) is 12.1 Å². The average molecular weight is 597 g/mol. The van der Waals surface area contributed by atoms with Crippen molar-refractivity contribution in [3.8, 4) is 6.07 Å². The first-order valence-corrected chi connectivity index (χ1v) is 15.0. The lowest BCUT2D eigenvalue weighted by Crippen LogP contribution is -2.39. The molecule has 1 saturated heterocycles. The Kier molecular flexibility index (Phi) is 9.79. The van der Waals surface area contributed by atoms with Crippen LogP contribution in [0.4, 0.5) is 14.7 Å². The van der Waals surface area contributed by atoms with Crippen LogP contribution in [0.25, 0.3) is 11.0 Å². The van der Waals surface area contributed by atoms with Gasteiger partial charge in [0.25, 0.3) is 18.2 Å². The molecule has 4 rings (SSSR count). The van der Waals surface area contributed by atoms with Crippen molar-refractivity contribution in [3.63, 3.8) is 0 Å². The smallest absolute Gasteiger partial charge is 0.272 e. The molecule has 224 valence electrons. The van der Waals surface area contributed by atoms with Gasteiger partial charge in [-0.05, 0) is 60.5 Å². The van der Waals surface area contributed by atoms with Gasteiger partial charge in [0.05, 0.1) is 26.8 Å². The van der Waals surface area contributed by atoms with Gasteiger partial charge in [0.1, 0.15) is 11.6 Å². The number of alkyl halides is 2. The third-order valence-electron chi connectivity index (χ3n) is 6.94. The lowest BCUT2D eigenvalue weighted by Gasteiger charge is -2.26. The number of nitrogens with zero attached hydrogens (tertiary/aromatic N) is 4. The van der Waals surface area contributed by atoms with Crippen LogP contribution in [0.2, 0.25) is 0 Å². The van der Waals surface area contributed by atoms with Crippen LogP contribution < -0.4 is 10.6 Å². The zero-order chi connectivity index (χ0) is 30.6. The summed E-state index contributed by atoms with van der Waals surface area (Å²) in [6.07, 6.45) is 0.565. The van der Waals surface area contributed by atoms with Gasteiger partial charge in [0.2, 0.25) is 5.95 Å². The fraction of sp³-hybridized carbons (Fsp3) is 0.484. The summed E-state index contributed by atoms with van der Waals surface area (Å²) in [6, 6.07) is 10.4. The fourth-order valence-corrected chi connectivity index (χ4v) is 5.82. The van der Waals surface area contributed by atoms with Crippen molar-refractivity contribution in [1.29, 1.82) is 5.26 Å². The van der Waals surface area contributed by atoms with Gasteiger partial charge < -0.3 is 14.8 Å². The predicted molar refractivity (Wildman–Crippen MR) is 161 cm³/mol. The van der Waals surface area contributed by atoms with Crippen LogP contribution in [0.15, 0.2) is 42.0 Å². The number of aromatic nitrogens is 2. The first-order chi connectivity index (χ1) is 19.9. The number of imidazole rings is 1. The molecule has 42 heavy (non-hydrogen) atoms. The Hall–Kier alpha value is -3.62. The van der Waals surface area contributed by atoms with Gasteiger partial charge >= 0.3 is 0 Å². The van der Waals surface area contributed by atoms with Crippen molar-refractivity contribution in [2.45, 2.75) is 73.0 Å². The summed E-state index contributed by atoms with van der Waals surface area (Å²) in [5.74, 6) is -0.0446. The second-order valence-electron chi connectivity index (χ2n) is 12.2. The number of benzene rings is 1. The molecule has 2 N–H and O–H groups in total. The maximum Gasteiger partial charge on any atom is 0.272 e. The van der Waals surface area contributed by atoms with Crippen molar-refractivity contribution >= 4 is 40.1 Å². The number of rotatable bonds is 10. The van der Waals surface area contributed by atoms with Crippen molar-refractivity contribution in [1.82, 2.24) is 19.8 Å². The highest BCUT2D eigenvalue weighted by Gasteiger charge is 2.32. The zero-order valence-corrected chi connectivity index (χ0v) is 25.5. The summed E-state index contributed by atoms with van der Waals surface area (Å²) in [6.45, 7) is 12.5. The van der Waals surface area contributed by atoms with Gasteiger partial charge in [0, 0.05) is 19.6 Å². The van der Waals surface area contributed by atoms with Gasteiger partial charge in [-0.2, -0.15) is 5.26 Å². The highest BCUT2D eigenvalue weighted by atomic mass is 32.1. The van der Waals surface area contributed by atoms with E-state index < -0.39 is 12.3 Å². The molecule has 3 heterocycles. The molecule has 0 unspecified atom stereocenters. The molecule has 1 aliphatic heterocycles. The lowest BCUT2D eigenvalue weighted by atomic mass is 9.93. The number of allylic oxidation sites excluding steroid dienone is 1. The Morgan fingerprint density at radius 3 is 2.64 bits per heavy atom. The summed E-state index contributed by atoms with van der Waals surface area (Å²) in [4.78, 5) is 33.0. The first-order valence-electron chi connectivity index (χ1n) is 14.2. The molecule has 3 aromatic rings. The Morgan fingerprint density at radius 2 is 2.00 bits per heavy atom. The Balaban J connectivity index is 1.66. The molecule has 2 aromatic heterocycles. The quantitative estimate of drug-likeness (QED) is 0.205.